The van der Waals surface area contributed by atoms with E-state index >= 15 is 0 Å². The predicted molar refractivity (Wildman–Crippen MR) is 111 cm³/mol. The number of ether oxygens (including phenoxy) is 2. The smallest absolute Gasteiger partial charge is 0.273 e. The number of primary sulfonamides is 1. The molecule has 0 spiro atoms. The summed E-state index contributed by atoms with van der Waals surface area (Å²) in [5, 5.41) is 5.91. The van der Waals surface area contributed by atoms with Gasteiger partial charge in [-0.15, -0.1) is 0 Å². The quantitative estimate of drug-likeness (QED) is 0.395. The van der Waals surface area contributed by atoms with Crippen LogP contribution in [0.4, 0.5) is 0 Å². The number of benzene rings is 2. The summed E-state index contributed by atoms with van der Waals surface area (Å²) in [6, 6.07) is 8.34. The number of sulfonamides is 1. The second-order valence-electron chi connectivity index (χ2n) is 5.94. The third-order valence-electron chi connectivity index (χ3n) is 3.76. The summed E-state index contributed by atoms with van der Waals surface area (Å²) in [6.45, 7) is 0.215. The number of hydrogen-bond acceptors (Lipinski definition) is 6. The van der Waals surface area contributed by atoms with Gasteiger partial charge in [0.15, 0.2) is 0 Å². The normalized spacial score (nSPS) is 10.9. The summed E-state index contributed by atoms with van der Waals surface area (Å²) in [6.07, 6.45) is 0.407. The van der Waals surface area contributed by atoms with Crippen molar-refractivity contribution in [1.29, 1.82) is 0 Å². The Bertz CT molecular complexity index is 1050. The molecule has 0 radical (unpaired) electrons. The average molecular weight is 476 g/mol. The minimum atomic E-state index is -4.01. The van der Waals surface area contributed by atoms with Crippen LogP contribution in [-0.2, 0) is 14.8 Å². The van der Waals surface area contributed by atoms with E-state index in [9.17, 15) is 18.0 Å². The summed E-state index contributed by atoms with van der Waals surface area (Å²) in [7, 11) is -2.70. The lowest BCUT2D eigenvalue weighted by Crippen LogP contribution is -2.41. The highest BCUT2D eigenvalue weighted by molar-refractivity contribution is 7.89. The van der Waals surface area contributed by atoms with E-state index in [0.29, 0.717) is 22.2 Å². The minimum Gasteiger partial charge on any atom is -0.496 e. The lowest BCUT2D eigenvalue weighted by molar-refractivity contribution is -0.122. The number of nitrogens with two attached hydrogens (primary N) is 1. The molecule has 4 N–H and O–H groups in total. The van der Waals surface area contributed by atoms with Gasteiger partial charge in [-0.1, -0.05) is 23.2 Å². The lowest BCUT2D eigenvalue weighted by atomic mass is 10.2. The molecule has 9 nitrogen and oxygen atoms in total. The van der Waals surface area contributed by atoms with Crippen LogP contribution in [-0.4, -0.2) is 33.9 Å². The van der Waals surface area contributed by atoms with Crippen molar-refractivity contribution >= 4 is 45.0 Å². The highest BCUT2D eigenvalue weighted by Crippen LogP contribution is 2.27. The molecule has 0 aliphatic heterocycles. The molecular formula is C18H19Cl2N3O6S. The van der Waals surface area contributed by atoms with Gasteiger partial charge in [0.1, 0.15) is 11.5 Å². The number of nitrogens with one attached hydrogen (secondary N) is 2. The lowest BCUT2D eigenvalue weighted by Gasteiger charge is -2.12. The Morgan fingerprint density at radius 3 is 2.40 bits per heavy atom. The molecule has 0 atom stereocenters. The number of methoxy groups -OCH3 is 1. The zero-order valence-electron chi connectivity index (χ0n) is 15.8. The van der Waals surface area contributed by atoms with Crippen molar-refractivity contribution in [1.82, 2.24) is 10.9 Å². The number of amides is 2. The molecule has 162 valence electrons. The largest absolute Gasteiger partial charge is 0.496 e. The Morgan fingerprint density at radius 1 is 1.07 bits per heavy atom. The topological polar surface area (TPSA) is 137 Å². The summed E-state index contributed by atoms with van der Waals surface area (Å²) >= 11 is 11.8. The van der Waals surface area contributed by atoms with Crippen molar-refractivity contribution < 1.29 is 27.5 Å². The van der Waals surface area contributed by atoms with Crippen LogP contribution in [0.15, 0.2) is 41.3 Å². The molecule has 0 saturated heterocycles. The first-order valence-electron chi connectivity index (χ1n) is 8.49. The van der Waals surface area contributed by atoms with Crippen molar-refractivity contribution in [3.63, 3.8) is 0 Å². The molecule has 0 aliphatic carbocycles. The van der Waals surface area contributed by atoms with Crippen LogP contribution in [0.25, 0.3) is 0 Å². The van der Waals surface area contributed by atoms with E-state index < -0.39 is 21.8 Å². The molecule has 0 aliphatic rings. The molecule has 2 aromatic carbocycles. The van der Waals surface area contributed by atoms with Crippen molar-refractivity contribution in [2.24, 2.45) is 5.14 Å². The predicted octanol–water partition coefficient (Wildman–Crippen LogP) is 2.27. The van der Waals surface area contributed by atoms with Crippen molar-refractivity contribution in [2.75, 3.05) is 13.7 Å². The third kappa shape index (κ3) is 6.77. The molecule has 0 heterocycles. The van der Waals surface area contributed by atoms with E-state index in [4.69, 9.17) is 37.8 Å². The van der Waals surface area contributed by atoms with Crippen molar-refractivity contribution in [3.8, 4) is 11.5 Å². The Kier molecular flexibility index (Phi) is 8.30. The molecule has 0 saturated carbocycles. The highest BCUT2D eigenvalue weighted by atomic mass is 35.5. The fourth-order valence-electron chi connectivity index (χ4n) is 2.30. The Balaban J connectivity index is 1.85. The number of halogens is 2. The first-order valence-corrected chi connectivity index (χ1v) is 10.8. The number of carbonyl (C=O) groups excluding carboxylic acids is 2. The fraction of sp³-hybridized carbons (Fsp3) is 0.222. The Hall–Kier alpha value is -2.53. The van der Waals surface area contributed by atoms with Crippen LogP contribution < -0.4 is 25.5 Å². The standard InChI is InChI=1S/C18H19Cl2N3O6S/c1-28-15-7-5-12(30(21,26)27)10-13(15)18(25)23-22-17(24)3-2-8-29-16-6-4-11(19)9-14(16)20/h4-7,9-10H,2-3,8H2,1H3,(H,22,24)(H,23,25)(H2,21,26,27). The van der Waals surface area contributed by atoms with Gasteiger partial charge in [-0.05, 0) is 42.8 Å². The summed E-state index contributed by atoms with van der Waals surface area (Å²) < 4.78 is 33.4. The Labute approximate surface area is 183 Å². The summed E-state index contributed by atoms with van der Waals surface area (Å²) in [5.41, 5.74) is 4.32. The zero-order valence-corrected chi connectivity index (χ0v) is 18.1. The van der Waals surface area contributed by atoms with Crippen LogP contribution >= 0.6 is 23.2 Å². The van der Waals surface area contributed by atoms with E-state index in [-0.39, 0.29) is 29.2 Å². The maximum atomic E-state index is 12.3. The van der Waals surface area contributed by atoms with Gasteiger partial charge < -0.3 is 9.47 Å². The monoisotopic (exact) mass is 475 g/mol. The van der Waals surface area contributed by atoms with E-state index in [0.717, 1.165) is 6.07 Å². The SMILES string of the molecule is COc1ccc(S(N)(=O)=O)cc1C(=O)NNC(=O)CCCOc1ccc(Cl)cc1Cl. The van der Waals surface area contributed by atoms with Gasteiger partial charge in [-0.25, -0.2) is 13.6 Å². The zero-order chi connectivity index (χ0) is 22.3. The average Bonchev–Trinajstić information content (AvgIpc) is 2.69. The van der Waals surface area contributed by atoms with Gasteiger partial charge in [0.25, 0.3) is 5.91 Å². The molecule has 30 heavy (non-hydrogen) atoms. The first kappa shape index (κ1) is 23.7. The minimum absolute atomic E-state index is 0.0554. The molecule has 12 heteroatoms. The molecule has 2 amide bonds. The number of hydrazine groups is 1. The first-order chi connectivity index (χ1) is 14.1. The van der Waals surface area contributed by atoms with Gasteiger partial charge >= 0.3 is 0 Å². The molecule has 0 aromatic heterocycles. The summed E-state index contributed by atoms with van der Waals surface area (Å²) in [5.74, 6) is -0.690. The van der Waals surface area contributed by atoms with Crippen LogP contribution in [0.2, 0.25) is 10.0 Å². The molecule has 0 unspecified atom stereocenters. The second-order valence-corrected chi connectivity index (χ2v) is 8.34. The maximum absolute atomic E-state index is 12.3. The number of carbonyl (C=O) groups is 2. The van der Waals surface area contributed by atoms with Gasteiger partial charge in [0.2, 0.25) is 15.9 Å². The highest BCUT2D eigenvalue weighted by Gasteiger charge is 2.18. The molecule has 0 bridgehead atoms. The van der Waals surface area contributed by atoms with Crippen molar-refractivity contribution in [3.05, 3.63) is 52.0 Å². The van der Waals surface area contributed by atoms with E-state index in [1.165, 1.54) is 19.2 Å². The van der Waals surface area contributed by atoms with Crippen LogP contribution in [0, 0.1) is 0 Å². The maximum Gasteiger partial charge on any atom is 0.273 e. The van der Waals surface area contributed by atoms with Gasteiger partial charge in [-0.2, -0.15) is 0 Å². The van der Waals surface area contributed by atoms with Gasteiger partial charge in [0.05, 0.1) is 29.2 Å². The van der Waals surface area contributed by atoms with Crippen molar-refractivity contribution in [2.45, 2.75) is 17.7 Å². The number of rotatable bonds is 8. The fourth-order valence-corrected chi connectivity index (χ4v) is 3.31. The van der Waals surface area contributed by atoms with Gasteiger partial charge in [0, 0.05) is 11.4 Å². The summed E-state index contributed by atoms with van der Waals surface area (Å²) in [4.78, 5) is 23.9. The third-order valence-corrected chi connectivity index (χ3v) is 5.20. The molecule has 0 fully saturated rings. The Morgan fingerprint density at radius 2 is 1.77 bits per heavy atom. The van der Waals surface area contributed by atoms with Crippen LogP contribution in [0.3, 0.4) is 0 Å². The number of hydrogen-bond donors (Lipinski definition) is 3. The van der Waals surface area contributed by atoms with Gasteiger partial charge in [-0.3, -0.25) is 20.4 Å². The molecule has 2 aromatic rings. The van der Waals surface area contributed by atoms with E-state index in [1.54, 1.807) is 18.2 Å². The second kappa shape index (κ2) is 10.5. The molecule has 2 rings (SSSR count). The van der Waals surface area contributed by atoms with Crippen LogP contribution in [0.5, 0.6) is 11.5 Å². The van der Waals surface area contributed by atoms with E-state index in [1.807, 2.05) is 0 Å². The van der Waals surface area contributed by atoms with E-state index in [2.05, 4.69) is 10.9 Å². The molecular weight excluding hydrogens is 457 g/mol. The van der Waals surface area contributed by atoms with Crippen LogP contribution in [0.1, 0.15) is 23.2 Å².